The van der Waals surface area contributed by atoms with Gasteiger partial charge in [-0.25, -0.2) is 5.09 Å². The molecular formula is C9H19N2O2P. The van der Waals surface area contributed by atoms with E-state index < -0.39 is 14.1 Å². The number of nitrogens with zero attached hydrogens (tertiary/aromatic N) is 1. The first-order valence-corrected chi connectivity index (χ1v) is 5.95. The van der Waals surface area contributed by atoms with Crippen molar-refractivity contribution in [3.05, 3.63) is 0 Å². The summed E-state index contributed by atoms with van der Waals surface area (Å²) < 4.78 is 0. The molecule has 0 aliphatic heterocycles. The van der Waals surface area contributed by atoms with E-state index in [1.165, 1.54) is 0 Å². The molecule has 0 aliphatic rings. The molecule has 0 amide bonds. The summed E-state index contributed by atoms with van der Waals surface area (Å²) in [4.78, 5) is 17.9. The minimum absolute atomic E-state index is 0.0409. The molecule has 1 unspecified atom stereocenters. The van der Waals surface area contributed by atoms with Gasteiger partial charge in [-0.15, -0.1) is 0 Å². The summed E-state index contributed by atoms with van der Waals surface area (Å²) in [7, 11) is -2.23. The lowest BCUT2D eigenvalue weighted by Crippen LogP contribution is -2.46. The molecule has 0 aromatic rings. The molecule has 0 aromatic carbocycles. The summed E-state index contributed by atoms with van der Waals surface area (Å²) in [6.07, 6.45) is 0.612. The van der Waals surface area contributed by atoms with Gasteiger partial charge in [-0.2, -0.15) is 5.26 Å². The average molecular weight is 218 g/mol. The van der Waals surface area contributed by atoms with Crippen LogP contribution >= 0.6 is 8.53 Å². The van der Waals surface area contributed by atoms with E-state index in [1.54, 1.807) is 0 Å². The number of rotatable bonds is 5. The van der Waals surface area contributed by atoms with Crippen molar-refractivity contribution >= 4 is 8.53 Å². The largest absolute Gasteiger partial charge is 0.338 e. The zero-order valence-electron chi connectivity index (χ0n) is 9.15. The maximum Gasteiger partial charge on any atom is 0.251 e. The molecule has 0 saturated heterocycles. The fraction of sp³-hybridized carbons (Fsp3) is 0.889. The third kappa shape index (κ3) is 3.89. The highest BCUT2D eigenvalue weighted by atomic mass is 31.2. The van der Waals surface area contributed by atoms with Crippen LogP contribution in [0.25, 0.3) is 0 Å². The molecule has 1 atom stereocenters. The Bertz CT molecular complexity index is 201. The Morgan fingerprint density at radius 3 is 2.07 bits per heavy atom. The smallest absolute Gasteiger partial charge is 0.251 e. The highest BCUT2D eigenvalue weighted by Gasteiger charge is 2.36. The molecule has 0 aliphatic carbocycles. The van der Waals surface area contributed by atoms with E-state index in [2.05, 4.69) is 11.2 Å². The average Bonchev–Trinajstić information content (AvgIpc) is 2.00. The first kappa shape index (κ1) is 13.8. The van der Waals surface area contributed by atoms with Crippen LogP contribution in [-0.4, -0.2) is 15.3 Å². The highest BCUT2D eigenvalue weighted by molar-refractivity contribution is 7.42. The van der Waals surface area contributed by atoms with E-state index in [1.807, 2.05) is 27.7 Å². The summed E-state index contributed by atoms with van der Waals surface area (Å²) in [6, 6.07) is 2.16. The molecule has 0 aromatic heterocycles. The Morgan fingerprint density at radius 1 is 1.36 bits per heavy atom. The molecule has 0 bridgehead atoms. The van der Waals surface area contributed by atoms with Crippen LogP contribution in [-0.2, 0) is 0 Å². The van der Waals surface area contributed by atoms with E-state index in [0.29, 0.717) is 12.3 Å². The van der Waals surface area contributed by atoms with E-state index in [4.69, 9.17) is 15.0 Å². The Labute approximate surface area is 86.9 Å². The van der Waals surface area contributed by atoms with E-state index in [9.17, 15) is 0 Å². The Balaban J connectivity index is 4.72. The maximum absolute atomic E-state index is 9.12. The molecule has 3 N–H and O–H groups in total. The minimum Gasteiger partial charge on any atom is -0.338 e. The molecule has 82 valence electrons. The van der Waals surface area contributed by atoms with Crippen molar-refractivity contribution in [3.63, 3.8) is 0 Å². The first-order valence-electron chi connectivity index (χ1n) is 4.71. The van der Waals surface area contributed by atoms with Crippen LogP contribution in [0.5, 0.6) is 0 Å². The third-order valence-corrected chi connectivity index (χ3v) is 2.81. The predicted molar refractivity (Wildman–Crippen MR) is 57.1 cm³/mol. The van der Waals surface area contributed by atoms with Crippen LogP contribution in [0.2, 0.25) is 0 Å². The second-order valence-electron chi connectivity index (χ2n) is 4.24. The van der Waals surface area contributed by atoms with Gasteiger partial charge in [0, 0.05) is 0 Å². The number of nitrogens with one attached hydrogen (secondary N) is 1. The summed E-state index contributed by atoms with van der Waals surface area (Å²) in [5.41, 5.74) is -0.830. The minimum atomic E-state index is -2.23. The SMILES string of the molecule is CC(C)CC(C#N)(NP(O)O)C(C)C. The molecule has 0 saturated carbocycles. The van der Waals surface area contributed by atoms with Gasteiger partial charge in [0.1, 0.15) is 5.54 Å². The lowest BCUT2D eigenvalue weighted by Gasteiger charge is -2.33. The monoisotopic (exact) mass is 218 g/mol. The van der Waals surface area contributed by atoms with Crippen LogP contribution in [0.4, 0.5) is 0 Å². The van der Waals surface area contributed by atoms with Crippen LogP contribution in [0.3, 0.4) is 0 Å². The molecule has 0 heterocycles. The second kappa shape index (κ2) is 5.63. The van der Waals surface area contributed by atoms with E-state index in [0.717, 1.165) is 0 Å². The summed E-state index contributed by atoms with van der Waals surface area (Å²) >= 11 is 0. The summed E-state index contributed by atoms with van der Waals surface area (Å²) in [6.45, 7) is 7.81. The maximum atomic E-state index is 9.12. The third-order valence-electron chi connectivity index (χ3n) is 2.21. The highest BCUT2D eigenvalue weighted by Crippen LogP contribution is 2.32. The number of hydrogen-bond donors (Lipinski definition) is 3. The number of hydrogen-bond acceptors (Lipinski definition) is 4. The van der Waals surface area contributed by atoms with Gasteiger partial charge in [0.25, 0.3) is 8.53 Å². The van der Waals surface area contributed by atoms with Gasteiger partial charge in [-0.05, 0) is 18.3 Å². The lowest BCUT2D eigenvalue weighted by atomic mass is 9.82. The van der Waals surface area contributed by atoms with Gasteiger partial charge in [0.05, 0.1) is 6.07 Å². The summed E-state index contributed by atoms with van der Waals surface area (Å²) in [5, 5.41) is 11.7. The first-order chi connectivity index (χ1) is 6.34. The standard InChI is InChI=1S/C9H19N2O2P/c1-7(2)5-9(6-10,8(3)4)11-14(12)13/h7-8,11-13H,5H2,1-4H3. The predicted octanol–water partition coefficient (Wildman–Crippen LogP) is 1.75. The van der Waals surface area contributed by atoms with Crippen molar-refractivity contribution in [2.45, 2.75) is 39.7 Å². The zero-order valence-corrected chi connectivity index (χ0v) is 10.0. The molecule has 14 heavy (non-hydrogen) atoms. The van der Waals surface area contributed by atoms with E-state index >= 15 is 0 Å². The van der Waals surface area contributed by atoms with Gasteiger partial charge in [0.15, 0.2) is 0 Å². The van der Waals surface area contributed by atoms with Gasteiger partial charge in [0.2, 0.25) is 0 Å². The molecule has 0 rings (SSSR count). The normalized spacial score (nSPS) is 16.0. The van der Waals surface area contributed by atoms with Gasteiger partial charge >= 0.3 is 0 Å². The van der Waals surface area contributed by atoms with Crippen LogP contribution in [0, 0.1) is 23.2 Å². The molecule has 0 radical (unpaired) electrons. The summed E-state index contributed by atoms with van der Waals surface area (Å²) in [5.74, 6) is 0.374. The van der Waals surface area contributed by atoms with Gasteiger partial charge in [-0.3, -0.25) is 0 Å². The van der Waals surface area contributed by atoms with Crippen molar-refractivity contribution < 1.29 is 9.79 Å². The lowest BCUT2D eigenvalue weighted by molar-refractivity contribution is 0.285. The fourth-order valence-corrected chi connectivity index (χ4v) is 2.19. The zero-order chi connectivity index (χ0) is 11.4. The van der Waals surface area contributed by atoms with Crippen molar-refractivity contribution in [1.82, 2.24) is 5.09 Å². The molecular weight excluding hydrogens is 199 g/mol. The van der Waals surface area contributed by atoms with Crippen molar-refractivity contribution in [3.8, 4) is 6.07 Å². The quantitative estimate of drug-likeness (QED) is 0.614. The molecule has 0 fully saturated rings. The van der Waals surface area contributed by atoms with Crippen molar-refractivity contribution in [1.29, 1.82) is 5.26 Å². The van der Waals surface area contributed by atoms with Crippen LogP contribution in [0.1, 0.15) is 34.1 Å². The molecule has 4 nitrogen and oxygen atoms in total. The van der Waals surface area contributed by atoms with Gasteiger partial charge < -0.3 is 9.79 Å². The number of nitriles is 1. The Hall–Kier alpha value is -0.200. The van der Waals surface area contributed by atoms with Crippen LogP contribution in [0.15, 0.2) is 0 Å². The fourth-order valence-electron chi connectivity index (χ4n) is 1.43. The Kier molecular flexibility index (Phi) is 5.54. The second-order valence-corrected chi connectivity index (χ2v) is 5.04. The van der Waals surface area contributed by atoms with Crippen molar-refractivity contribution in [2.75, 3.05) is 0 Å². The van der Waals surface area contributed by atoms with Gasteiger partial charge in [-0.1, -0.05) is 27.7 Å². The van der Waals surface area contributed by atoms with Crippen molar-refractivity contribution in [2.24, 2.45) is 11.8 Å². The van der Waals surface area contributed by atoms with E-state index in [-0.39, 0.29) is 5.92 Å². The molecule has 5 heteroatoms. The van der Waals surface area contributed by atoms with Crippen LogP contribution < -0.4 is 5.09 Å². The Morgan fingerprint density at radius 2 is 1.86 bits per heavy atom. The topological polar surface area (TPSA) is 76.3 Å². The molecule has 0 spiro atoms.